The summed E-state index contributed by atoms with van der Waals surface area (Å²) in [6.45, 7) is 5.38. The second-order valence-corrected chi connectivity index (χ2v) is 12.4. The van der Waals surface area contributed by atoms with Gasteiger partial charge >= 0.3 is 5.97 Å². The molecule has 2 aromatic heterocycles. The van der Waals surface area contributed by atoms with Crippen molar-refractivity contribution in [3.8, 4) is 0 Å². The van der Waals surface area contributed by atoms with Gasteiger partial charge < -0.3 is 9.15 Å². The molecular formula is C29H25ClN2O4S3. The van der Waals surface area contributed by atoms with Gasteiger partial charge in [-0.05, 0) is 81.1 Å². The minimum Gasteiger partial charge on any atom is -0.459 e. The number of furan rings is 1. The van der Waals surface area contributed by atoms with Crippen molar-refractivity contribution in [2.75, 3.05) is 6.26 Å². The predicted molar refractivity (Wildman–Crippen MR) is 157 cm³/mol. The molecule has 0 radical (unpaired) electrons. The Hall–Kier alpha value is -2.98. The Labute approximate surface area is 243 Å². The van der Waals surface area contributed by atoms with Gasteiger partial charge in [0, 0.05) is 20.9 Å². The molecule has 0 saturated carbocycles. The average Bonchev–Trinajstić information content (AvgIpc) is 3.47. The Morgan fingerprint density at radius 2 is 1.79 bits per heavy atom. The molecule has 0 saturated heterocycles. The third kappa shape index (κ3) is 5.96. The zero-order valence-electron chi connectivity index (χ0n) is 21.6. The molecule has 39 heavy (non-hydrogen) atoms. The average molecular weight is 597 g/mol. The maximum Gasteiger partial charge on any atom is 0.338 e. The summed E-state index contributed by atoms with van der Waals surface area (Å²) in [6.07, 6.45) is 3.41. The summed E-state index contributed by atoms with van der Waals surface area (Å²) in [5, 5.41) is 1.36. The normalized spacial score (nSPS) is 15.4. The number of allylic oxidation sites excluding steroid dienone is 1. The van der Waals surface area contributed by atoms with Crippen LogP contribution in [-0.4, -0.2) is 22.9 Å². The van der Waals surface area contributed by atoms with Gasteiger partial charge in [0.1, 0.15) is 5.76 Å². The van der Waals surface area contributed by atoms with E-state index >= 15 is 0 Å². The van der Waals surface area contributed by atoms with Crippen LogP contribution in [-0.2, 0) is 9.53 Å². The Morgan fingerprint density at radius 3 is 2.46 bits per heavy atom. The monoisotopic (exact) mass is 596 g/mol. The molecule has 0 fully saturated rings. The van der Waals surface area contributed by atoms with Crippen molar-refractivity contribution >= 4 is 58.5 Å². The van der Waals surface area contributed by atoms with Gasteiger partial charge in [0.15, 0.2) is 9.89 Å². The molecule has 0 spiro atoms. The number of thiazole rings is 1. The fourth-order valence-electron chi connectivity index (χ4n) is 4.18. The fraction of sp³-hybridized carbons (Fsp3) is 0.207. The van der Waals surface area contributed by atoms with E-state index in [0.717, 1.165) is 15.4 Å². The maximum absolute atomic E-state index is 13.8. The molecule has 1 aliphatic heterocycles. The fourth-order valence-corrected chi connectivity index (χ4v) is 6.52. The number of hydrogen-bond donors (Lipinski definition) is 0. The Kier molecular flexibility index (Phi) is 8.23. The van der Waals surface area contributed by atoms with Crippen LogP contribution in [0.3, 0.4) is 0 Å². The topological polar surface area (TPSA) is 73.8 Å². The number of hydrogen-bond acceptors (Lipinski definition) is 8. The van der Waals surface area contributed by atoms with Crippen molar-refractivity contribution in [1.82, 2.24) is 4.57 Å². The van der Waals surface area contributed by atoms with Crippen molar-refractivity contribution in [2.45, 2.75) is 47.8 Å². The molecule has 6 nitrogen and oxygen atoms in total. The first kappa shape index (κ1) is 27.6. The summed E-state index contributed by atoms with van der Waals surface area (Å²) in [5.41, 5.74) is 1.46. The minimum absolute atomic E-state index is 0.247. The van der Waals surface area contributed by atoms with Crippen molar-refractivity contribution in [2.24, 2.45) is 4.99 Å². The summed E-state index contributed by atoms with van der Waals surface area (Å²) < 4.78 is 13.6. The number of esters is 1. The van der Waals surface area contributed by atoms with E-state index in [0.29, 0.717) is 36.5 Å². The quantitative estimate of drug-likeness (QED) is 0.184. The van der Waals surface area contributed by atoms with E-state index in [-0.39, 0.29) is 11.7 Å². The number of carbonyl (C=O) groups excluding carboxylic acids is 1. The number of ether oxygens (including phenoxy) is 1. The first-order valence-electron chi connectivity index (χ1n) is 12.1. The third-order valence-electron chi connectivity index (χ3n) is 5.92. The van der Waals surface area contributed by atoms with Gasteiger partial charge in [-0.2, -0.15) is 0 Å². The molecular weight excluding hydrogens is 572 g/mol. The summed E-state index contributed by atoms with van der Waals surface area (Å²) in [4.78, 5) is 34.3. The lowest BCUT2D eigenvalue weighted by Gasteiger charge is -2.25. The summed E-state index contributed by atoms with van der Waals surface area (Å²) in [7, 11) is 0. The second-order valence-electron chi connectivity index (χ2n) is 9.02. The molecule has 0 amide bonds. The molecule has 1 atom stereocenters. The number of halogens is 1. The van der Waals surface area contributed by atoms with Crippen LogP contribution in [0.1, 0.15) is 38.1 Å². The Bertz CT molecular complexity index is 1730. The maximum atomic E-state index is 13.8. The standard InChI is InChI=1S/C29H25ClN2O4S3/c1-16(2)35-28(34)25-17(3)31-29-32(26(25)18-5-10-21(37-4)11-6-18)27(33)23(39-29)15-20-9-14-24(36-20)38-22-12-7-19(30)8-13-22/h5-16,26H,1-4H3/b23-15+/t26-/m0/s1. The van der Waals surface area contributed by atoms with E-state index in [9.17, 15) is 9.59 Å². The molecule has 0 unspecified atom stereocenters. The number of benzene rings is 2. The number of rotatable bonds is 7. The van der Waals surface area contributed by atoms with E-state index < -0.39 is 12.0 Å². The first-order valence-corrected chi connectivity index (χ1v) is 15.4. The molecule has 200 valence electrons. The van der Waals surface area contributed by atoms with Gasteiger partial charge in [-0.25, -0.2) is 9.79 Å². The number of aromatic nitrogens is 1. The van der Waals surface area contributed by atoms with Crippen LogP contribution in [0.4, 0.5) is 0 Å². The highest BCUT2D eigenvalue weighted by molar-refractivity contribution is 7.99. The van der Waals surface area contributed by atoms with Crippen molar-refractivity contribution in [3.05, 3.63) is 108 Å². The number of nitrogens with zero attached hydrogens (tertiary/aromatic N) is 2. The van der Waals surface area contributed by atoms with Gasteiger partial charge in [-0.1, -0.05) is 46.8 Å². The van der Waals surface area contributed by atoms with E-state index in [1.165, 1.54) is 23.1 Å². The Balaban J connectivity index is 1.56. The highest BCUT2D eigenvalue weighted by Crippen LogP contribution is 2.32. The van der Waals surface area contributed by atoms with Crippen LogP contribution in [0, 0.1) is 0 Å². The smallest absolute Gasteiger partial charge is 0.338 e. The van der Waals surface area contributed by atoms with Crippen LogP contribution >= 0.6 is 46.5 Å². The number of carbonyl (C=O) groups is 1. The molecule has 4 aromatic rings. The van der Waals surface area contributed by atoms with Gasteiger partial charge in [0.25, 0.3) is 5.56 Å². The lowest BCUT2D eigenvalue weighted by Crippen LogP contribution is -2.40. The van der Waals surface area contributed by atoms with Crippen LogP contribution in [0.2, 0.25) is 5.02 Å². The van der Waals surface area contributed by atoms with Crippen LogP contribution in [0.5, 0.6) is 0 Å². The van der Waals surface area contributed by atoms with E-state index in [2.05, 4.69) is 4.99 Å². The van der Waals surface area contributed by atoms with Gasteiger partial charge in [-0.3, -0.25) is 9.36 Å². The molecule has 10 heteroatoms. The van der Waals surface area contributed by atoms with E-state index in [1.807, 2.05) is 66.9 Å². The molecule has 1 aliphatic rings. The van der Waals surface area contributed by atoms with Crippen LogP contribution in [0.15, 0.2) is 101 Å². The second kappa shape index (κ2) is 11.6. The van der Waals surface area contributed by atoms with Gasteiger partial charge in [0.05, 0.1) is 27.9 Å². The molecule has 0 N–H and O–H groups in total. The summed E-state index contributed by atoms with van der Waals surface area (Å²) in [5.74, 6) is 0.0714. The largest absolute Gasteiger partial charge is 0.459 e. The summed E-state index contributed by atoms with van der Waals surface area (Å²) >= 11 is 10.3. The lowest BCUT2D eigenvalue weighted by molar-refractivity contribution is -0.143. The number of thioether (sulfide) groups is 1. The molecule has 2 aromatic carbocycles. The molecule has 5 rings (SSSR count). The zero-order chi connectivity index (χ0) is 27.7. The Morgan fingerprint density at radius 1 is 1.10 bits per heavy atom. The SMILES string of the molecule is CSc1ccc([C@H]2C(C(=O)OC(C)C)=C(C)N=c3s/c(=C/c4ccc(Sc5ccc(Cl)cc5)o4)c(=O)n32)cc1. The molecule has 3 heterocycles. The zero-order valence-corrected chi connectivity index (χ0v) is 24.8. The van der Waals surface area contributed by atoms with E-state index in [1.54, 1.807) is 43.2 Å². The van der Waals surface area contributed by atoms with Crippen molar-refractivity contribution < 1.29 is 13.9 Å². The highest BCUT2D eigenvalue weighted by Gasteiger charge is 2.33. The van der Waals surface area contributed by atoms with Crippen molar-refractivity contribution in [1.29, 1.82) is 0 Å². The molecule has 0 aliphatic carbocycles. The lowest BCUT2D eigenvalue weighted by atomic mass is 9.96. The molecule has 0 bridgehead atoms. The number of fused-ring (bicyclic) bond motifs is 1. The summed E-state index contributed by atoms with van der Waals surface area (Å²) in [6, 6.07) is 18.4. The van der Waals surface area contributed by atoms with Crippen molar-refractivity contribution in [3.63, 3.8) is 0 Å². The highest BCUT2D eigenvalue weighted by atomic mass is 35.5. The predicted octanol–water partition coefficient (Wildman–Crippen LogP) is 6.31. The minimum atomic E-state index is -0.654. The van der Waals surface area contributed by atoms with Gasteiger partial charge in [0.2, 0.25) is 0 Å². The van der Waals surface area contributed by atoms with E-state index in [4.69, 9.17) is 20.8 Å². The van der Waals surface area contributed by atoms with Crippen LogP contribution in [0.25, 0.3) is 6.08 Å². The first-order chi connectivity index (χ1) is 18.7. The third-order valence-corrected chi connectivity index (χ3v) is 8.83. The van der Waals surface area contributed by atoms with Crippen LogP contribution < -0.4 is 14.9 Å². The van der Waals surface area contributed by atoms with Gasteiger partial charge in [-0.15, -0.1) is 11.8 Å².